The average Bonchev–Trinajstić information content (AvgIpc) is 2.78. The van der Waals surface area contributed by atoms with Gasteiger partial charge in [0, 0.05) is 26.0 Å². The summed E-state index contributed by atoms with van der Waals surface area (Å²) >= 11 is 0. The molecule has 1 aromatic rings. The van der Waals surface area contributed by atoms with E-state index < -0.39 is 26.4 Å². The highest BCUT2D eigenvalue weighted by molar-refractivity contribution is 6.74. The molecule has 0 saturated carbocycles. The summed E-state index contributed by atoms with van der Waals surface area (Å²) < 4.78 is 16.1. The molecule has 8 nitrogen and oxygen atoms in total. The Bertz CT molecular complexity index is 764. The van der Waals surface area contributed by atoms with Gasteiger partial charge in [-0.3, -0.25) is 4.79 Å². The van der Waals surface area contributed by atoms with Crippen molar-refractivity contribution < 1.29 is 28.3 Å². The van der Waals surface area contributed by atoms with E-state index in [1.54, 1.807) is 0 Å². The topological polar surface area (TPSA) is 103 Å². The summed E-state index contributed by atoms with van der Waals surface area (Å²) in [5.74, 6) is -0.664. The van der Waals surface area contributed by atoms with E-state index in [1.807, 2.05) is 30.3 Å². The Morgan fingerprint density at radius 1 is 1.03 bits per heavy atom. The number of methoxy groups -OCH3 is 1. The molecule has 1 rings (SSSR count). The molecular weight excluding hydrogens is 452 g/mol. The molecule has 0 radical (unpaired) electrons. The van der Waals surface area contributed by atoms with Gasteiger partial charge in [0.05, 0.1) is 7.11 Å². The third-order valence-electron chi connectivity index (χ3n) is 6.06. The molecule has 1 aromatic carbocycles. The van der Waals surface area contributed by atoms with Gasteiger partial charge in [-0.05, 0) is 36.5 Å². The maximum absolute atomic E-state index is 12.3. The van der Waals surface area contributed by atoms with Crippen molar-refractivity contribution in [2.24, 2.45) is 0 Å². The Morgan fingerprint density at radius 2 is 1.71 bits per heavy atom. The number of benzene rings is 1. The molecular formula is C25H42N2O6Si. The first-order chi connectivity index (χ1) is 16.0. The Labute approximate surface area is 205 Å². The van der Waals surface area contributed by atoms with Crippen LogP contribution in [0.4, 0.5) is 4.79 Å². The number of esters is 1. The highest BCUT2D eigenvalue weighted by atomic mass is 28.4. The number of carbonyl (C=O) groups excluding carboxylic acids is 3. The summed E-state index contributed by atoms with van der Waals surface area (Å²) in [7, 11) is -0.612. The van der Waals surface area contributed by atoms with E-state index in [4.69, 9.17) is 13.9 Å². The lowest BCUT2D eigenvalue weighted by Crippen LogP contribution is -2.45. The number of hydrogen-bond acceptors (Lipinski definition) is 6. The van der Waals surface area contributed by atoms with Crippen molar-refractivity contribution in [3.05, 3.63) is 35.9 Å². The lowest BCUT2D eigenvalue weighted by atomic mass is 10.1. The second-order valence-electron chi connectivity index (χ2n) is 9.84. The van der Waals surface area contributed by atoms with Gasteiger partial charge in [0.25, 0.3) is 0 Å². The fraction of sp³-hybridized carbons (Fsp3) is 0.640. The standard InChI is InChI=1S/C25H42N2O6Si/c1-25(2,3)34(5,6)33-18-16-21(23(29)31-4)27-22(28)15-11-8-12-17-26-24(30)32-19-20-13-9-7-10-14-20/h7,9-10,13-14,21H,8,11-12,15-19H2,1-6H3,(H,26,30)(H,27,28)/t21-/m0/s1. The minimum absolute atomic E-state index is 0.0739. The van der Waals surface area contributed by atoms with Crippen LogP contribution < -0.4 is 10.6 Å². The predicted octanol–water partition coefficient (Wildman–Crippen LogP) is 4.54. The number of unbranched alkanes of at least 4 members (excludes halogenated alkanes) is 2. The maximum atomic E-state index is 12.3. The molecule has 34 heavy (non-hydrogen) atoms. The van der Waals surface area contributed by atoms with E-state index in [0.29, 0.717) is 32.4 Å². The van der Waals surface area contributed by atoms with Crippen molar-refractivity contribution in [2.75, 3.05) is 20.3 Å². The third-order valence-corrected chi connectivity index (χ3v) is 10.6. The fourth-order valence-corrected chi connectivity index (χ4v) is 3.92. The van der Waals surface area contributed by atoms with E-state index in [-0.39, 0.29) is 17.6 Å². The fourth-order valence-electron chi connectivity index (χ4n) is 2.86. The van der Waals surface area contributed by atoms with E-state index in [2.05, 4.69) is 44.5 Å². The highest BCUT2D eigenvalue weighted by Gasteiger charge is 2.37. The van der Waals surface area contributed by atoms with E-state index >= 15 is 0 Å². The zero-order valence-corrected chi connectivity index (χ0v) is 22.6. The molecule has 192 valence electrons. The zero-order chi connectivity index (χ0) is 25.6. The number of carbonyl (C=O) groups is 3. The normalized spacial score (nSPS) is 12.5. The second kappa shape index (κ2) is 14.8. The zero-order valence-electron chi connectivity index (χ0n) is 21.6. The van der Waals surface area contributed by atoms with Gasteiger partial charge in [0.15, 0.2) is 8.32 Å². The number of hydrogen-bond donors (Lipinski definition) is 2. The van der Waals surface area contributed by atoms with Crippen LogP contribution in [0.15, 0.2) is 30.3 Å². The second-order valence-corrected chi connectivity index (χ2v) is 14.6. The number of alkyl carbamates (subject to hydrolysis) is 1. The van der Waals surface area contributed by atoms with Crippen molar-refractivity contribution in [1.29, 1.82) is 0 Å². The molecule has 0 spiro atoms. The van der Waals surface area contributed by atoms with Gasteiger partial charge < -0.3 is 24.5 Å². The van der Waals surface area contributed by atoms with Crippen LogP contribution in [0.2, 0.25) is 18.1 Å². The van der Waals surface area contributed by atoms with Gasteiger partial charge in [-0.25, -0.2) is 9.59 Å². The lowest BCUT2D eigenvalue weighted by molar-refractivity contribution is -0.145. The average molecular weight is 495 g/mol. The first kappa shape index (κ1) is 29.6. The van der Waals surface area contributed by atoms with Gasteiger partial charge in [0.1, 0.15) is 12.6 Å². The first-order valence-corrected chi connectivity index (χ1v) is 14.8. The van der Waals surface area contributed by atoms with Crippen LogP contribution in [0.25, 0.3) is 0 Å². The Kier molecular flexibility index (Phi) is 12.9. The van der Waals surface area contributed by atoms with Crippen LogP contribution in [0.5, 0.6) is 0 Å². The van der Waals surface area contributed by atoms with Gasteiger partial charge in [-0.1, -0.05) is 57.5 Å². The number of rotatable bonds is 14. The van der Waals surface area contributed by atoms with Crippen molar-refractivity contribution in [3.8, 4) is 0 Å². The van der Waals surface area contributed by atoms with Crippen LogP contribution in [0.3, 0.4) is 0 Å². The summed E-state index contributed by atoms with van der Waals surface area (Å²) in [5, 5.41) is 5.55. The maximum Gasteiger partial charge on any atom is 0.407 e. The van der Waals surface area contributed by atoms with Crippen LogP contribution >= 0.6 is 0 Å². The lowest BCUT2D eigenvalue weighted by Gasteiger charge is -2.36. The smallest absolute Gasteiger partial charge is 0.407 e. The summed E-state index contributed by atoms with van der Waals surface area (Å²) in [4.78, 5) is 36.1. The molecule has 0 aliphatic rings. The molecule has 2 amide bonds. The predicted molar refractivity (Wildman–Crippen MR) is 135 cm³/mol. The molecule has 0 fully saturated rings. The Hall–Kier alpha value is -2.39. The van der Waals surface area contributed by atoms with Crippen molar-refractivity contribution in [2.45, 2.75) is 83.7 Å². The van der Waals surface area contributed by atoms with Crippen LogP contribution in [-0.2, 0) is 30.1 Å². The van der Waals surface area contributed by atoms with Crippen LogP contribution in [0, 0.1) is 0 Å². The summed E-state index contributed by atoms with van der Waals surface area (Å²) in [5.41, 5.74) is 0.931. The molecule has 0 aliphatic carbocycles. The van der Waals surface area contributed by atoms with Crippen LogP contribution in [0.1, 0.15) is 58.4 Å². The summed E-state index contributed by atoms with van der Waals surface area (Å²) in [6.45, 7) is 11.9. The summed E-state index contributed by atoms with van der Waals surface area (Å²) in [6, 6.07) is 8.76. The Balaban J connectivity index is 2.24. The van der Waals surface area contributed by atoms with Crippen molar-refractivity contribution in [1.82, 2.24) is 10.6 Å². The van der Waals surface area contributed by atoms with Crippen molar-refractivity contribution in [3.63, 3.8) is 0 Å². The minimum atomic E-state index is -1.93. The molecule has 2 N–H and O–H groups in total. The van der Waals surface area contributed by atoms with Crippen molar-refractivity contribution >= 4 is 26.3 Å². The minimum Gasteiger partial charge on any atom is -0.467 e. The number of amides is 2. The molecule has 0 unspecified atom stereocenters. The van der Waals surface area contributed by atoms with E-state index in [0.717, 1.165) is 18.4 Å². The van der Waals surface area contributed by atoms with Gasteiger partial charge in [-0.2, -0.15) is 0 Å². The highest BCUT2D eigenvalue weighted by Crippen LogP contribution is 2.36. The quantitative estimate of drug-likeness (QED) is 0.224. The first-order valence-electron chi connectivity index (χ1n) is 11.9. The molecule has 1 atom stereocenters. The summed E-state index contributed by atoms with van der Waals surface area (Å²) in [6.07, 6.45) is 2.37. The molecule has 0 aromatic heterocycles. The molecule has 0 aliphatic heterocycles. The number of ether oxygens (including phenoxy) is 2. The van der Waals surface area contributed by atoms with Gasteiger partial charge in [-0.15, -0.1) is 0 Å². The Morgan fingerprint density at radius 3 is 2.32 bits per heavy atom. The third kappa shape index (κ3) is 11.6. The SMILES string of the molecule is COC(=O)[C@H](CCO[Si](C)(C)C(C)(C)C)NC(=O)CCCCCNC(=O)OCc1ccccc1. The molecule has 0 saturated heterocycles. The molecule has 0 heterocycles. The molecule has 0 bridgehead atoms. The number of nitrogens with one attached hydrogen (secondary N) is 2. The largest absolute Gasteiger partial charge is 0.467 e. The van der Waals surface area contributed by atoms with E-state index in [1.165, 1.54) is 7.11 Å². The van der Waals surface area contributed by atoms with Crippen LogP contribution in [-0.4, -0.2) is 52.6 Å². The molecule has 9 heteroatoms. The van der Waals surface area contributed by atoms with E-state index in [9.17, 15) is 14.4 Å². The van der Waals surface area contributed by atoms with Gasteiger partial charge in [0.2, 0.25) is 5.91 Å². The monoisotopic (exact) mass is 494 g/mol. The van der Waals surface area contributed by atoms with Gasteiger partial charge >= 0.3 is 12.1 Å².